The van der Waals surface area contributed by atoms with Gasteiger partial charge < -0.3 is 20.0 Å². The number of carbonyl (C=O) groups is 1. The Hall–Kier alpha value is -4.03. The van der Waals surface area contributed by atoms with Crippen molar-refractivity contribution in [3.05, 3.63) is 71.6 Å². The molecule has 0 aliphatic heterocycles. The molecule has 9 nitrogen and oxygen atoms in total. The SMILES string of the molecule is CC(O)c1cc(C(=O)Nc2cccc(C3(c4nncn4C)CC(CC#N)C3)c2)nc2cc[nH]c12. The molecule has 172 valence electrons. The number of aromatic amines is 1. The molecule has 1 aliphatic carbocycles. The standard InChI is InChI=1S/C25H25N7O2/c1-15(33)19-11-21(30-20-7-9-27-22(19)20)23(34)29-18-5-3-4-17(10-18)25(12-16(13-25)6-8-26)24-31-28-14-32(24)2/h3-5,7,9-11,14-16,27,33H,6,12-13H2,1-2H3,(H,29,34). The van der Waals surface area contributed by atoms with E-state index in [1.165, 1.54) is 0 Å². The van der Waals surface area contributed by atoms with Crippen LogP contribution in [0.4, 0.5) is 5.69 Å². The molecule has 4 aromatic rings. The van der Waals surface area contributed by atoms with Crippen LogP contribution in [0.2, 0.25) is 0 Å². The lowest BCUT2D eigenvalue weighted by Gasteiger charge is -2.46. The maximum atomic E-state index is 13.1. The molecule has 1 aliphatic rings. The Morgan fingerprint density at radius 2 is 2.21 bits per heavy atom. The average Bonchev–Trinajstić information content (AvgIpc) is 3.44. The Morgan fingerprint density at radius 1 is 1.38 bits per heavy atom. The Morgan fingerprint density at radius 3 is 2.91 bits per heavy atom. The number of fused-ring (bicyclic) bond motifs is 1. The number of anilines is 1. The van der Waals surface area contributed by atoms with Gasteiger partial charge >= 0.3 is 0 Å². The number of carbonyl (C=O) groups excluding carboxylic acids is 1. The van der Waals surface area contributed by atoms with E-state index in [-0.39, 0.29) is 17.0 Å². The number of nitrogens with one attached hydrogen (secondary N) is 2. The van der Waals surface area contributed by atoms with Crippen molar-refractivity contribution in [3.8, 4) is 6.07 Å². The second-order valence-corrected chi connectivity index (χ2v) is 9.03. The topological polar surface area (TPSA) is 133 Å². The number of aliphatic hydroxyl groups is 1. The summed E-state index contributed by atoms with van der Waals surface area (Å²) in [6.45, 7) is 1.66. The van der Waals surface area contributed by atoms with Crippen LogP contribution in [-0.2, 0) is 12.5 Å². The van der Waals surface area contributed by atoms with Crippen molar-refractivity contribution >= 4 is 22.6 Å². The van der Waals surface area contributed by atoms with Gasteiger partial charge in [-0.1, -0.05) is 12.1 Å². The maximum Gasteiger partial charge on any atom is 0.274 e. The number of rotatable bonds is 6. The molecule has 0 radical (unpaired) electrons. The largest absolute Gasteiger partial charge is 0.389 e. The second-order valence-electron chi connectivity index (χ2n) is 9.03. The average molecular weight is 456 g/mol. The smallest absolute Gasteiger partial charge is 0.274 e. The molecule has 1 atom stereocenters. The Balaban J connectivity index is 1.45. The van der Waals surface area contributed by atoms with Gasteiger partial charge in [-0.25, -0.2) is 4.98 Å². The number of aryl methyl sites for hydroxylation is 1. The number of nitrogens with zero attached hydrogens (tertiary/aromatic N) is 5. The highest BCUT2D eigenvalue weighted by Gasteiger charge is 2.49. The number of H-pyrrole nitrogens is 1. The lowest BCUT2D eigenvalue weighted by Crippen LogP contribution is -2.44. The van der Waals surface area contributed by atoms with E-state index in [0.29, 0.717) is 29.1 Å². The van der Waals surface area contributed by atoms with Gasteiger partial charge in [0.15, 0.2) is 0 Å². The third kappa shape index (κ3) is 3.62. The third-order valence-electron chi connectivity index (χ3n) is 6.70. The fraction of sp³-hybridized carbons (Fsp3) is 0.320. The molecular weight excluding hydrogens is 430 g/mol. The molecule has 34 heavy (non-hydrogen) atoms. The van der Waals surface area contributed by atoms with Crippen molar-refractivity contribution in [1.29, 1.82) is 5.26 Å². The molecule has 1 unspecified atom stereocenters. The summed E-state index contributed by atoms with van der Waals surface area (Å²) in [5.41, 5.74) is 3.50. The molecule has 1 saturated carbocycles. The summed E-state index contributed by atoms with van der Waals surface area (Å²) in [5, 5.41) is 30.7. The quantitative estimate of drug-likeness (QED) is 0.407. The van der Waals surface area contributed by atoms with Crippen LogP contribution in [0.15, 0.2) is 48.9 Å². The molecule has 3 heterocycles. The van der Waals surface area contributed by atoms with Crippen molar-refractivity contribution in [1.82, 2.24) is 24.7 Å². The van der Waals surface area contributed by atoms with E-state index in [1.807, 2.05) is 35.9 Å². The van der Waals surface area contributed by atoms with Crippen LogP contribution in [0, 0.1) is 17.2 Å². The van der Waals surface area contributed by atoms with E-state index in [9.17, 15) is 9.90 Å². The van der Waals surface area contributed by atoms with Crippen LogP contribution in [0.5, 0.6) is 0 Å². The number of aliphatic hydroxyl groups excluding tert-OH is 1. The molecule has 3 aromatic heterocycles. The Kier molecular flexibility index (Phi) is 5.38. The van der Waals surface area contributed by atoms with Crippen LogP contribution in [0.1, 0.15) is 59.7 Å². The Labute approximate surface area is 196 Å². The monoisotopic (exact) mass is 455 g/mol. The highest BCUT2D eigenvalue weighted by atomic mass is 16.3. The predicted molar refractivity (Wildman–Crippen MR) is 126 cm³/mol. The van der Waals surface area contributed by atoms with Crippen LogP contribution in [0.25, 0.3) is 11.0 Å². The van der Waals surface area contributed by atoms with Gasteiger partial charge in [-0.15, -0.1) is 10.2 Å². The minimum Gasteiger partial charge on any atom is -0.389 e. The lowest BCUT2D eigenvalue weighted by molar-refractivity contribution is 0.102. The zero-order chi connectivity index (χ0) is 23.9. The first-order valence-corrected chi connectivity index (χ1v) is 11.2. The highest BCUT2D eigenvalue weighted by Crippen LogP contribution is 2.53. The van der Waals surface area contributed by atoms with Gasteiger partial charge in [-0.3, -0.25) is 4.79 Å². The predicted octanol–water partition coefficient (Wildman–Crippen LogP) is 3.61. The van der Waals surface area contributed by atoms with E-state index in [4.69, 9.17) is 5.26 Å². The molecule has 0 saturated heterocycles. The number of nitriles is 1. The van der Waals surface area contributed by atoms with Gasteiger partial charge in [0.2, 0.25) is 0 Å². The van der Waals surface area contributed by atoms with Crippen molar-refractivity contribution in [2.75, 3.05) is 5.32 Å². The molecule has 9 heteroatoms. The fourth-order valence-corrected chi connectivity index (χ4v) is 5.07. The zero-order valence-corrected chi connectivity index (χ0v) is 19.0. The van der Waals surface area contributed by atoms with E-state index in [0.717, 1.165) is 29.7 Å². The Bertz CT molecular complexity index is 1410. The minimum atomic E-state index is -0.745. The summed E-state index contributed by atoms with van der Waals surface area (Å²) in [7, 11) is 1.92. The van der Waals surface area contributed by atoms with Crippen molar-refractivity contribution in [2.24, 2.45) is 13.0 Å². The number of hydrogen-bond acceptors (Lipinski definition) is 6. The van der Waals surface area contributed by atoms with Crippen LogP contribution < -0.4 is 5.32 Å². The van der Waals surface area contributed by atoms with Gasteiger partial charge in [-0.05, 0) is 55.5 Å². The van der Waals surface area contributed by atoms with E-state index in [1.54, 1.807) is 31.6 Å². The van der Waals surface area contributed by atoms with Crippen molar-refractivity contribution < 1.29 is 9.90 Å². The zero-order valence-electron chi connectivity index (χ0n) is 19.0. The van der Waals surface area contributed by atoms with Crippen molar-refractivity contribution in [3.63, 3.8) is 0 Å². The molecule has 0 bridgehead atoms. The molecular formula is C25H25N7O2. The summed E-state index contributed by atoms with van der Waals surface area (Å²) in [4.78, 5) is 20.6. The van der Waals surface area contributed by atoms with Crippen LogP contribution in [-0.4, -0.2) is 35.7 Å². The fourth-order valence-electron chi connectivity index (χ4n) is 5.07. The number of hydrogen-bond donors (Lipinski definition) is 3. The first kappa shape index (κ1) is 21.8. The number of benzene rings is 1. The van der Waals surface area contributed by atoms with Gasteiger partial charge in [0.25, 0.3) is 5.91 Å². The molecule has 5 rings (SSSR count). The van der Waals surface area contributed by atoms with Gasteiger partial charge in [-0.2, -0.15) is 5.26 Å². The van der Waals surface area contributed by atoms with E-state index < -0.39 is 6.10 Å². The van der Waals surface area contributed by atoms with Crippen LogP contribution >= 0.6 is 0 Å². The van der Waals surface area contributed by atoms with Crippen LogP contribution in [0.3, 0.4) is 0 Å². The van der Waals surface area contributed by atoms with Crippen molar-refractivity contribution in [2.45, 2.75) is 37.7 Å². The van der Waals surface area contributed by atoms with Gasteiger partial charge in [0, 0.05) is 30.9 Å². The first-order chi connectivity index (χ1) is 16.4. The second kappa shape index (κ2) is 8.39. The van der Waals surface area contributed by atoms with Gasteiger partial charge in [0.05, 0.1) is 28.6 Å². The molecule has 0 spiro atoms. The molecule has 1 fully saturated rings. The summed E-state index contributed by atoms with van der Waals surface area (Å²) in [5.74, 6) is 0.799. The summed E-state index contributed by atoms with van der Waals surface area (Å²) >= 11 is 0. The summed E-state index contributed by atoms with van der Waals surface area (Å²) < 4.78 is 1.92. The third-order valence-corrected chi connectivity index (χ3v) is 6.70. The maximum absolute atomic E-state index is 13.1. The minimum absolute atomic E-state index is 0.231. The summed E-state index contributed by atoms with van der Waals surface area (Å²) in [6, 6.07) is 13.4. The first-order valence-electron chi connectivity index (χ1n) is 11.2. The molecule has 3 N–H and O–H groups in total. The molecule has 1 amide bonds. The highest BCUT2D eigenvalue weighted by molar-refractivity contribution is 6.04. The molecule has 1 aromatic carbocycles. The number of pyridine rings is 1. The van der Waals surface area contributed by atoms with Gasteiger partial charge in [0.1, 0.15) is 17.8 Å². The summed E-state index contributed by atoms with van der Waals surface area (Å²) in [6.07, 6.45) is 4.78. The van der Waals surface area contributed by atoms with E-state index >= 15 is 0 Å². The number of aromatic nitrogens is 5. The van der Waals surface area contributed by atoms with E-state index in [2.05, 4.69) is 31.6 Å². The lowest BCUT2D eigenvalue weighted by atomic mass is 9.57. The normalized spacial score (nSPS) is 20.5. The number of amides is 1.